The van der Waals surface area contributed by atoms with Crippen LogP contribution in [0, 0.1) is 0 Å². The van der Waals surface area contributed by atoms with Crippen LogP contribution in [0.25, 0.3) is 0 Å². The van der Waals surface area contributed by atoms with Gasteiger partial charge in [0.15, 0.2) is 6.10 Å². The maximum absolute atomic E-state index is 13.0. The van der Waals surface area contributed by atoms with Crippen molar-refractivity contribution in [2.24, 2.45) is 14.1 Å². The van der Waals surface area contributed by atoms with Gasteiger partial charge >= 0.3 is 0 Å². The summed E-state index contributed by atoms with van der Waals surface area (Å²) in [5.41, 5.74) is 1.70. The van der Waals surface area contributed by atoms with Gasteiger partial charge in [0.2, 0.25) is 0 Å². The van der Waals surface area contributed by atoms with Gasteiger partial charge in [0.05, 0.1) is 11.9 Å². The van der Waals surface area contributed by atoms with E-state index >= 15 is 0 Å². The average molecular weight is 435 g/mol. The van der Waals surface area contributed by atoms with Gasteiger partial charge in [0.25, 0.3) is 17.4 Å². The fourth-order valence-electron chi connectivity index (χ4n) is 3.90. The lowest BCUT2D eigenvalue weighted by atomic mass is 9.95. The van der Waals surface area contributed by atoms with Crippen LogP contribution in [0.15, 0.2) is 53.7 Å². The van der Waals surface area contributed by atoms with Crippen LogP contribution in [0.3, 0.4) is 0 Å². The molecule has 1 unspecified atom stereocenters. The number of para-hydroxylation sites is 1. The van der Waals surface area contributed by atoms with Gasteiger partial charge in [0.1, 0.15) is 11.3 Å². The van der Waals surface area contributed by atoms with E-state index in [1.54, 1.807) is 55.1 Å². The fraction of sp³-hybridized carbons (Fsp3) is 0.304. The van der Waals surface area contributed by atoms with E-state index < -0.39 is 12.0 Å². The highest BCUT2D eigenvalue weighted by Crippen LogP contribution is 2.23. The van der Waals surface area contributed by atoms with Crippen molar-refractivity contribution < 1.29 is 14.3 Å². The standard InChI is InChI=1S/C23H25N5O4/c1-15(32-18-7-5-4-6-8-18)22(30)28-10-9-19-16(13-28)12-26(2)23(31)20(19)21(29)25-17-11-24-27(3)14-17/h4-8,11-12,14-15H,9-10,13H2,1-3H3,(H,25,29). The van der Waals surface area contributed by atoms with Crippen molar-refractivity contribution in [2.75, 3.05) is 11.9 Å². The van der Waals surface area contributed by atoms with Crippen molar-refractivity contribution >= 4 is 17.5 Å². The molecule has 3 aromatic rings. The highest BCUT2D eigenvalue weighted by molar-refractivity contribution is 6.05. The predicted octanol–water partition coefficient (Wildman–Crippen LogP) is 1.72. The summed E-state index contributed by atoms with van der Waals surface area (Å²) in [6.07, 6.45) is 4.63. The zero-order valence-corrected chi connectivity index (χ0v) is 18.2. The number of carbonyl (C=O) groups is 2. The van der Waals surface area contributed by atoms with E-state index in [4.69, 9.17) is 4.74 Å². The molecular formula is C23H25N5O4. The third-order valence-corrected chi connectivity index (χ3v) is 5.47. The molecule has 4 rings (SSSR count). The number of aryl methyl sites for hydroxylation is 2. The largest absolute Gasteiger partial charge is 0.481 e. The van der Waals surface area contributed by atoms with Crippen LogP contribution in [0.4, 0.5) is 5.69 Å². The molecule has 2 amide bonds. The summed E-state index contributed by atoms with van der Waals surface area (Å²) < 4.78 is 8.72. The molecule has 9 nitrogen and oxygen atoms in total. The summed E-state index contributed by atoms with van der Waals surface area (Å²) in [7, 11) is 3.35. The lowest BCUT2D eigenvalue weighted by Crippen LogP contribution is -2.44. The van der Waals surface area contributed by atoms with E-state index in [1.165, 1.54) is 10.8 Å². The second-order valence-corrected chi connectivity index (χ2v) is 7.86. The molecule has 0 aliphatic carbocycles. The number of hydrogen-bond donors (Lipinski definition) is 1. The first kappa shape index (κ1) is 21.4. The highest BCUT2D eigenvalue weighted by atomic mass is 16.5. The van der Waals surface area contributed by atoms with E-state index in [0.29, 0.717) is 36.5 Å². The molecule has 2 aromatic heterocycles. The Morgan fingerprint density at radius 2 is 1.91 bits per heavy atom. The molecule has 166 valence electrons. The highest BCUT2D eigenvalue weighted by Gasteiger charge is 2.30. The Balaban J connectivity index is 1.55. The first-order valence-electron chi connectivity index (χ1n) is 10.4. The molecule has 1 aliphatic rings. The number of amides is 2. The summed E-state index contributed by atoms with van der Waals surface area (Å²) >= 11 is 0. The quantitative estimate of drug-likeness (QED) is 0.658. The van der Waals surface area contributed by atoms with Gasteiger partial charge in [-0.25, -0.2) is 0 Å². The van der Waals surface area contributed by atoms with Crippen molar-refractivity contribution in [3.8, 4) is 5.75 Å². The normalized spacial score (nSPS) is 13.9. The number of nitrogens with one attached hydrogen (secondary N) is 1. The second-order valence-electron chi connectivity index (χ2n) is 7.86. The lowest BCUT2D eigenvalue weighted by Gasteiger charge is -2.32. The van der Waals surface area contributed by atoms with E-state index in [0.717, 1.165) is 5.56 Å². The molecule has 3 heterocycles. The first-order valence-corrected chi connectivity index (χ1v) is 10.4. The topological polar surface area (TPSA) is 98.5 Å². The SMILES string of the molecule is CC(Oc1ccccc1)C(=O)N1CCc2c(cn(C)c(=O)c2C(=O)Nc2cnn(C)c2)C1. The third kappa shape index (κ3) is 4.27. The summed E-state index contributed by atoms with van der Waals surface area (Å²) in [6, 6.07) is 9.19. The zero-order valence-electron chi connectivity index (χ0n) is 18.2. The fourth-order valence-corrected chi connectivity index (χ4v) is 3.90. The van der Waals surface area contributed by atoms with E-state index in [-0.39, 0.29) is 17.0 Å². The molecule has 0 radical (unpaired) electrons. The Bertz CT molecular complexity index is 1210. The number of ether oxygens (including phenoxy) is 1. The van der Waals surface area contributed by atoms with Crippen LogP contribution in [0.2, 0.25) is 0 Å². The summed E-state index contributed by atoms with van der Waals surface area (Å²) in [4.78, 5) is 40.4. The molecule has 0 spiro atoms. The number of anilines is 1. The number of rotatable bonds is 5. The van der Waals surface area contributed by atoms with Crippen LogP contribution < -0.4 is 15.6 Å². The van der Waals surface area contributed by atoms with Gasteiger partial charge in [-0.1, -0.05) is 18.2 Å². The van der Waals surface area contributed by atoms with Crippen molar-refractivity contribution in [1.29, 1.82) is 0 Å². The first-order chi connectivity index (χ1) is 15.3. The van der Waals surface area contributed by atoms with Gasteiger partial charge in [-0.05, 0) is 36.6 Å². The maximum atomic E-state index is 13.0. The number of carbonyl (C=O) groups excluding carboxylic acids is 2. The third-order valence-electron chi connectivity index (χ3n) is 5.47. The molecule has 1 aliphatic heterocycles. The molecule has 9 heteroatoms. The molecule has 32 heavy (non-hydrogen) atoms. The summed E-state index contributed by atoms with van der Waals surface area (Å²) in [5.74, 6) is 0.00763. The van der Waals surface area contributed by atoms with Crippen LogP contribution in [-0.4, -0.2) is 43.7 Å². The number of hydrogen-bond acceptors (Lipinski definition) is 5. The Labute approximate surface area is 185 Å². The van der Waals surface area contributed by atoms with Gasteiger partial charge < -0.3 is 19.5 Å². The smallest absolute Gasteiger partial charge is 0.263 e. The molecule has 0 saturated carbocycles. The lowest BCUT2D eigenvalue weighted by molar-refractivity contribution is -0.138. The van der Waals surface area contributed by atoms with E-state index in [9.17, 15) is 14.4 Å². The minimum atomic E-state index is -0.653. The Kier molecular flexibility index (Phi) is 5.81. The van der Waals surface area contributed by atoms with E-state index in [1.807, 2.05) is 18.2 Å². The average Bonchev–Trinajstić information content (AvgIpc) is 3.18. The number of nitrogens with zero attached hydrogens (tertiary/aromatic N) is 4. The van der Waals surface area contributed by atoms with Crippen molar-refractivity contribution in [3.05, 3.63) is 76.0 Å². The minimum Gasteiger partial charge on any atom is -0.481 e. The van der Waals surface area contributed by atoms with Gasteiger partial charge in [-0.3, -0.25) is 19.1 Å². The number of fused-ring (bicyclic) bond motifs is 1. The molecule has 1 N–H and O–H groups in total. The van der Waals surface area contributed by atoms with Gasteiger partial charge in [-0.15, -0.1) is 0 Å². The van der Waals surface area contributed by atoms with Gasteiger partial charge in [0, 0.05) is 39.6 Å². The Hall–Kier alpha value is -3.88. The molecule has 0 saturated heterocycles. The predicted molar refractivity (Wildman–Crippen MR) is 118 cm³/mol. The monoisotopic (exact) mass is 435 g/mol. The molecule has 1 aromatic carbocycles. The maximum Gasteiger partial charge on any atom is 0.263 e. The molecule has 0 bridgehead atoms. The van der Waals surface area contributed by atoms with Crippen molar-refractivity contribution in [1.82, 2.24) is 19.2 Å². The number of aromatic nitrogens is 3. The molecule has 0 fully saturated rings. The zero-order chi connectivity index (χ0) is 22.8. The van der Waals surface area contributed by atoms with E-state index in [2.05, 4.69) is 10.4 Å². The second kappa shape index (κ2) is 8.70. The summed E-state index contributed by atoms with van der Waals surface area (Å²) in [6.45, 7) is 2.42. The summed E-state index contributed by atoms with van der Waals surface area (Å²) in [5, 5.41) is 6.77. The molecular weight excluding hydrogens is 410 g/mol. The molecule has 1 atom stereocenters. The van der Waals surface area contributed by atoms with Crippen molar-refractivity contribution in [3.63, 3.8) is 0 Å². The Morgan fingerprint density at radius 3 is 2.59 bits per heavy atom. The van der Waals surface area contributed by atoms with Crippen molar-refractivity contribution in [2.45, 2.75) is 26.0 Å². The number of benzene rings is 1. The Morgan fingerprint density at radius 1 is 1.16 bits per heavy atom. The van der Waals surface area contributed by atoms with Crippen LogP contribution >= 0.6 is 0 Å². The number of pyridine rings is 1. The minimum absolute atomic E-state index is 0.106. The van der Waals surface area contributed by atoms with Crippen LogP contribution in [0.5, 0.6) is 5.75 Å². The van der Waals surface area contributed by atoms with Crippen LogP contribution in [0.1, 0.15) is 28.4 Å². The van der Waals surface area contributed by atoms with Crippen LogP contribution in [-0.2, 0) is 31.9 Å². The van der Waals surface area contributed by atoms with Gasteiger partial charge in [-0.2, -0.15) is 5.10 Å².